The minimum atomic E-state index is -3.92. The standard InChI is InChI=1S/C22H19BrF2N4O3S/c1-21(2,3)32-18(30)12-27-19(31)22(24,25)33-20-28-11-17(23)29(20)16-9-8-13(10-26)14-6-4-5-7-15(14)16/h4-9,11H,12H2,1-3H3,(H,27,31). The van der Waals surface area contributed by atoms with Crippen LogP contribution in [-0.2, 0) is 14.3 Å². The Kier molecular flexibility index (Phi) is 7.09. The fourth-order valence-electron chi connectivity index (χ4n) is 2.98. The number of amides is 1. The van der Waals surface area contributed by atoms with Crippen molar-refractivity contribution in [3.05, 3.63) is 52.8 Å². The van der Waals surface area contributed by atoms with Crippen LogP contribution < -0.4 is 5.32 Å². The summed E-state index contributed by atoms with van der Waals surface area (Å²) in [6, 6.07) is 12.4. The Morgan fingerprint density at radius 2 is 1.88 bits per heavy atom. The number of ether oxygens (including phenoxy) is 1. The van der Waals surface area contributed by atoms with Gasteiger partial charge in [-0.3, -0.25) is 14.2 Å². The zero-order chi connectivity index (χ0) is 24.4. The molecule has 0 radical (unpaired) electrons. The van der Waals surface area contributed by atoms with Gasteiger partial charge in [-0.25, -0.2) is 4.98 Å². The normalized spacial score (nSPS) is 11.8. The lowest BCUT2D eigenvalue weighted by atomic mass is 10.0. The molecule has 172 valence electrons. The summed E-state index contributed by atoms with van der Waals surface area (Å²) in [4.78, 5) is 27.9. The van der Waals surface area contributed by atoms with Gasteiger partial charge in [0, 0.05) is 10.8 Å². The zero-order valence-electron chi connectivity index (χ0n) is 17.9. The zero-order valence-corrected chi connectivity index (χ0v) is 20.3. The second kappa shape index (κ2) is 9.49. The molecule has 0 atom stereocenters. The van der Waals surface area contributed by atoms with Crippen LogP contribution in [0.4, 0.5) is 8.78 Å². The highest BCUT2D eigenvalue weighted by Gasteiger charge is 2.42. The van der Waals surface area contributed by atoms with Crippen molar-refractivity contribution < 1.29 is 23.1 Å². The van der Waals surface area contributed by atoms with Gasteiger partial charge in [0.2, 0.25) is 0 Å². The van der Waals surface area contributed by atoms with Crippen LogP contribution in [0.2, 0.25) is 0 Å². The molecule has 0 fully saturated rings. The number of imidazole rings is 1. The first-order valence-corrected chi connectivity index (χ1v) is 11.3. The van der Waals surface area contributed by atoms with E-state index in [1.165, 1.54) is 10.8 Å². The minimum absolute atomic E-state index is 0.0610. The molecule has 0 unspecified atom stereocenters. The van der Waals surface area contributed by atoms with Gasteiger partial charge in [0.25, 0.3) is 0 Å². The monoisotopic (exact) mass is 536 g/mol. The molecule has 0 spiro atoms. The summed E-state index contributed by atoms with van der Waals surface area (Å²) in [6.45, 7) is 4.19. The molecular weight excluding hydrogens is 518 g/mol. The highest BCUT2D eigenvalue weighted by molar-refractivity contribution is 9.10. The summed E-state index contributed by atoms with van der Waals surface area (Å²) in [6.07, 6.45) is 1.34. The molecule has 7 nitrogen and oxygen atoms in total. The highest BCUT2D eigenvalue weighted by Crippen LogP contribution is 2.39. The Morgan fingerprint density at radius 3 is 2.52 bits per heavy atom. The van der Waals surface area contributed by atoms with E-state index in [9.17, 15) is 23.6 Å². The topological polar surface area (TPSA) is 97.0 Å². The van der Waals surface area contributed by atoms with Gasteiger partial charge in [0.15, 0.2) is 5.16 Å². The molecule has 1 heterocycles. The molecule has 33 heavy (non-hydrogen) atoms. The number of rotatable bonds is 6. The molecule has 0 aliphatic rings. The van der Waals surface area contributed by atoms with Crippen LogP contribution in [0.3, 0.4) is 0 Å². The van der Waals surface area contributed by atoms with Crippen molar-refractivity contribution in [2.75, 3.05) is 6.54 Å². The number of aromatic nitrogens is 2. The van der Waals surface area contributed by atoms with Gasteiger partial charge in [-0.2, -0.15) is 14.0 Å². The third-order valence-electron chi connectivity index (χ3n) is 4.25. The van der Waals surface area contributed by atoms with Gasteiger partial charge < -0.3 is 10.1 Å². The van der Waals surface area contributed by atoms with E-state index in [0.29, 0.717) is 26.6 Å². The molecule has 2 aromatic carbocycles. The summed E-state index contributed by atoms with van der Waals surface area (Å²) in [5.41, 5.74) is 0.132. The molecule has 0 aliphatic heterocycles. The number of nitrogens with zero attached hydrogens (tertiary/aromatic N) is 3. The van der Waals surface area contributed by atoms with Crippen molar-refractivity contribution in [2.24, 2.45) is 0 Å². The van der Waals surface area contributed by atoms with Gasteiger partial charge in [0.05, 0.1) is 23.5 Å². The minimum Gasteiger partial charge on any atom is -0.459 e. The molecule has 3 aromatic rings. The number of carbonyl (C=O) groups is 2. The molecule has 0 aliphatic carbocycles. The van der Waals surface area contributed by atoms with Gasteiger partial charge in [-0.05, 0) is 60.6 Å². The lowest BCUT2D eigenvalue weighted by Gasteiger charge is -2.20. The number of hydrogen-bond acceptors (Lipinski definition) is 6. The van der Waals surface area contributed by atoms with Crippen LogP contribution in [0.25, 0.3) is 16.5 Å². The number of nitrogens with one attached hydrogen (secondary N) is 1. The fraction of sp³-hybridized carbons (Fsp3) is 0.273. The van der Waals surface area contributed by atoms with Crippen LogP contribution in [0.1, 0.15) is 26.3 Å². The number of nitriles is 1. The molecule has 0 saturated carbocycles. The Balaban J connectivity index is 1.88. The number of thioether (sulfide) groups is 1. The van der Waals surface area contributed by atoms with E-state index in [1.54, 1.807) is 57.2 Å². The number of alkyl halides is 2. The summed E-state index contributed by atoms with van der Waals surface area (Å²) >= 11 is 3.25. The van der Waals surface area contributed by atoms with E-state index in [2.05, 4.69) is 27.0 Å². The Hall–Kier alpha value is -2.97. The van der Waals surface area contributed by atoms with Crippen molar-refractivity contribution in [1.82, 2.24) is 14.9 Å². The van der Waals surface area contributed by atoms with Crippen LogP contribution in [0, 0.1) is 11.3 Å². The number of benzene rings is 2. The Bertz CT molecular complexity index is 1260. The van der Waals surface area contributed by atoms with E-state index < -0.39 is 29.3 Å². The van der Waals surface area contributed by atoms with E-state index in [4.69, 9.17) is 4.74 Å². The largest absolute Gasteiger partial charge is 0.459 e. The molecule has 0 bridgehead atoms. The van der Waals surface area contributed by atoms with Crippen LogP contribution in [0.5, 0.6) is 0 Å². The van der Waals surface area contributed by atoms with Gasteiger partial charge >= 0.3 is 17.1 Å². The summed E-state index contributed by atoms with van der Waals surface area (Å²) in [5, 5.41) is 8.50. The van der Waals surface area contributed by atoms with E-state index >= 15 is 0 Å². The van der Waals surface area contributed by atoms with Crippen molar-refractivity contribution >= 4 is 50.3 Å². The lowest BCUT2D eigenvalue weighted by Crippen LogP contribution is -2.42. The second-order valence-electron chi connectivity index (χ2n) is 7.88. The SMILES string of the molecule is CC(C)(C)OC(=O)CNC(=O)C(F)(F)Sc1ncc(Br)n1-c1ccc(C#N)c2ccccc12. The second-order valence-corrected chi connectivity index (χ2v) is 9.77. The third kappa shape index (κ3) is 5.69. The predicted molar refractivity (Wildman–Crippen MR) is 123 cm³/mol. The summed E-state index contributed by atoms with van der Waals surface area (Å²) < 4.78 is 36.2. The van der Waals surface area contributed by atoms with Crippen molar-refractivity contribution in [3.63, 3.8) is 0 Å². The maximum atomic E-state index is 14.7. The number of esters is 1. The molecule has 3 rings (SSSR count). The summed E-state index contributed by atoms with van der Waals surface area (Å²) in [5.74, 6) is -2.47. The first-order chi connectivity index (χ1) is 15.4. The predicted octanol–water partition coefficient (Wildman–Crippen LogP) is 4.80. The van der Waals surface area contributed by atoms with Crippen LogP contribution in [0.15, 0.2) is 52.4 Å². The first kappa shape index (κ1) is 24.7. The van der Waals surface area contributed by atoms with E-state index in [0.717, 1.165) is 0 Å². The van der Waals surface area contributed by atoms with Crippen molar-refractivity contribution in [1.29, 1.82) is 5.26 Å². The average molecular weight is 537 g/mol. The lowest BCUT2D eigenvalue weighted by molar-refractivity contribution is -0.155. The molecule has 1 aromatic heterocycles. The first-order valence-electron chi connectivity index (χ1n) is 9.65. The summed E-state index contributed by atoms with van der Waals surface area (Å²) in [7, 11) is 0. The number of fused-ring (bicyclic) bond motifs is 1. The number of carbonyl (C=O) groups excluding carboxylic acids is 2. The smallest absolute Gasteiger partial charge is 0.377 e. The Labute approximate surface area is 201 Å². The van der Waals surface area contributed by atoms with Crippen LogP contribution >= 0.6 is 27.7 Å². The fourth-order valence-corrected chi connectivity index (χ4v) is 4.34. The molecular formula is C22H19BrF2N4O3S. The van der Waals surface area contributed by atoms with E-state index in [1.807, 2.05) is 5.32 Å². The molecule has 0 saturated heterocycles. The van der Waals surface area contributed by atoms with E-state index in [-0.39, 0.29) is 16.9 Å². The van der Waals surface area contributed by atoms with Gasteiger partial charge in [-0.15, -0.1) is 0 Å². The van der Waals surface area contributed by atoms with Crippen molar-refractivity contribution in [2.45, 2.75) is 36.8 Å². The highest BCUT2D eigenvalue weighted by atomic mass is 79.9. The molecule has 1 N–H and O–H groups in total. The number of hydrogen-bond donors (Lipinski definition) is 1. The van der Waals surface area contributed by atoms with Crippen LogP contribution in [-0.4, -0.2) is 38.8 Å². The van der Waals surface area contributed by atoms with Gasteiger partial charge in [-0.1, -0.05) is 24.3 Å². The quantitative estimate of drug-likeness (QED) is 0.359. The Morgan fingerprint density at radius 1 is 1.21 bits per heavy atom. The molecule has 11 heteroatoms. The molecule has 1 amide bonds. The number of halogens is 3. The van der Waals surface area contributed by atoms with Crippen molar-refractivity contribution in [3.8, 4) is 11.8 Å². The maximum absolute atomic E-state index is 14.7. The average Bonchev–Trinajstić information content (AvgIpc) is 3.09. The van der Waals surface area contributed by atoms with Gasteiger partial charge in [0.1, 0.15) is 16.7 Å². The third-order valence-corrected chi connectivity index (χ3v) is 5.72. The maximum Gasteiger partial charge on any atom is 0.377 e.